The number of hydrogen-bond donors (Lipinski definition) is 1. The van der Waals surface area contributed by atoms with Gasteiger partial charge in [-0.1, -0.05) is 36.4 Å². The zero-order chi connectivity index (χ0) is 19.6. The van der Waals surface area contributed by atoms with Gasteiger partial charge in [0.1, 0.15) is 11.4 Å². The highest BCUT2D eigenvalue weighted by atomic mass is 32.2. The predicted octanol–water partition coefficient (Wildman–Crippen LogP) is 4.86. The summed E-state index contributed by atoms with van der Waals surface area (Å²) >= 11 is 0. The van der Waals surface area contributed by atoms with Crippen LogP contribution in [0.15, 0.2) is 100 Å². The average Bonchev–Trinajstić information content (AvgIpc) is 3.37. The third kappa shape index (κ3) is 3.54. The Morgan fingerprint density at radius 3 is 2.48 bits per heavy atom. The SMILES string of the molecule is O=C1C=CC(S2=CC=C3N=NC(c4ccc(CNc5ccncc5)cc4)=C32)C=C1. The van der Waals surface area contributed by atoms with Gasteiger partial charge in [0.2, 0.25) is 0 Å². The average molecular weight is 398 g/mol. The molecule has 1 N–H and O–H groups in total. The molecule has 1 aromatic carbocycles. The predicted molar refractivity (Wildman–Crippen MR) is 119 cm³/mol. The third-order valence-electron chi connectivity index (χ3n) is 4.91. The minimum atomic E-state index is -0.168. The van der Waals surface area contributed by atoms with Crippen LogP contribution < -0.4 is 5.32 Å². The molecule has 0 saturated carbocycles. The second-order valence-corrected chi connectivity index (χ2v) is 8.78. The number of carbonyl (C=O) groups excluding carboxylic acids is 1. The van der Waals surface area contributed by atoms with Crippen LogP contribution in [0.2, 0.25) is 0 Å². The Kier molecular flexibility index (Phi) is 4.62. The largest absolute Gasteiger partial charge is 0.381 e. The molecule has 1 aromatic heterocycles. The summed E-state index contributed by atoms with van der Waals surface area (Å²) in [5, 5.41) is 14.6. The van der Waals surface area contributed by atoms with Crippen molar-refractivity contribution in [2.24, 2.45) is 10.2 Å². The van der Waals surface area contributed by atoms with Crippen molar-refractivity contribution in [2.75, 3.05) is 5.32 Å². The van der Waals surface area contributed by atoms with Gasteiger partial charge in [-0.15, -0.1) is 20.7 Å². The molecule has 5 nitrogen and oxygen atoms in total. The molecule has 1 unspecified atom stereocenters. The highest BCUT2D eigenvalue weighted by Gasteiger charge is 2.28. The second kappa shape index (κ2) is 7.56. The highest BCUT2D eigenvalue weighted by Crippen LogP contribution is 2.49. The third-order valence-corrected chi connectivity index (χ3v) is 7.12. The van der Waals surface area contributed by atoms with Gasteiger partial charge in [-0.3, -0.25) is 9.78 Å². The fourth-order valence-electron chi connectivity index (χ4n) is 3.40. The maximum Gasteiger partial charge on any atom is 0.178 e. The number of nitrogens with zero attached hydrogens (tertiary/aromatic N) is 3. The summed E-state index contributed by atoms with van der Waals surface area (Å²) in [5.41, 5.74) is 5.17. The number of hydrogen-bond acceptors (Lipinski definition) is 5. The van der Waals surface area contributed by atoms with Crippen LogP contribution in [-0.2, 0) is 11.3 Å². The van der Waals surface area contributed by atoms with Crippen LogP contribution in [0.5, 0.6) is 0 Å². The number of benzene rings is 1. The Hall–Kier alpha value is -3.38. The standard InChI is InChI=1S/C23H18N4OS/c28-19-5-7-20(8-6-19)29-14-11-21-23(29)22(27-26-21)17-3-1-16(2-4-17)15-25-18-9-12-24-13-10-18/h1-14,20H,15H2,(H,24,25). The van der Waals surface area contributed by atoms with Gasteiger partial charge < -0.3 is 5.32 Å². The van der Waals surface area contributed by atoms with Crippen LogP contribution in [0.3, 0.4) is 0 Å². The number of pyridine rings is 1. The fourth-order valence-corrected chi connectivity index (χ4v) is 5.49. The van der Waals surface area contributed by atoms with E-state index in [1.165, 1.54) is 10.5 Å². The quantitative estimate of drug-likeness (QED) is 0.732. The van der Waals surface area contributed by atoms with E-state index >= 15 is 0 Å². The highest BCUT2D eigenvalue weighted by molar-refractivity contribution is 8.20. The first kappa shape index (κ1) is 17.7. The molecule has 0 amide bonds. The first-order valence-electron chi connectivity index (χ1n) is 9.35. The lowest BCUT2D eigenvalue weighted by atomic mass is 10.1. The van der Waals surface area contributed by atoms with Gasteiger partial charge >= 0.3 is 0 Å². The van der Waals surface area contributed by atoms with E-state index in [9.17, 15) is 4.79 Å². The van der Waals surface area contributed by atoms with Gasteiger partial charge in [0, 0.05) is 35.4 Å². The molecule has 29 heavy (non-hydrogen) atoms. The van der Waals surface area contributed by atoms with Gasteiger partial charge in [-0.2, -0.15) is 0 Å². The lowest BCUT2D eigenvalue weighted by Gasteiger charge is -2.16. The molecule has 0 bridgehead atoms. The zero-order valence-electron chi connectivity index (χ0n) is 15.5. The van der Waals surface area contributed by atoms with Gasteiger partial charge in [0.15, 0.2) is 5.78 Å². The van der Waals surface area contributed by atoms with Gasteiger partial charge in [-0.05, 0) is 41.3 Å². The maximum atomic E-state index is 11.5. The van der Waals surface area contributed by atoms with Gasteiger partial charge in [-0.25, -0.2) is 0 Å². The van der Waals surface area contributed by atoms with E-state index < -0.39 is 0 Å². The van der Waals surface area contributed by atoms with E-state index in [1.54, 1.807) is 24.5 Å². The summed E-state index contributed by atoms with van der Waals surface area (Å²) in [7, 11) is -0.168. The first-order chi connectivity index (χ1) is 14.3. The molecule has 0 spiro atoms. The Morgan fingerprint density at radius 1 is 0.966 bits per heavy atom. The molecular formula is C23H18N4OS. The fraction of sp³-hybridized carbons (Fsp3) is 0.0870. The normalized spacial score (nSPS) is 20.1. The van der Waals surface area contributed by atoms with Crippen LogP contribution in [0.4, 0.5) is 5.69 Å². The molecule has 3 heterocycles. The maximum absolute atomic E-state index is 11.5. The van der Waals surface area contributed by atoms with Crippen LogP contribution in [0.25, 0.3) is 5.70 Å². The smallest absolute Gasteiger partial charge is 0.178 e. The number of fused-ring (bicyclic) bond motifs is 1. The molecule has 2 aromatic rings. The minimum absolute atomic E-state index is 0.0446. The summed E-state index contributed by atoms with van der Waals surface area (Å²) in [6.45, 7) is 0.743. The van der Waals surface area contributed by atoms with Crippen molar-refractivity contribution in [1.29, 1.82) is 0 Å². The molecule has 3 aliphatic rings. The van der Waals surface area contributed by atoms with E-state index in [4.69, 9.17) is 0 Å². The number of anilines is 1. The van der Waals surface area contributed by atoms with E-state index in [1.807, 2.05) is 30.4 Å². The van der Waals surface area contributed by atoms with Crippen molar-refractivity contribution in [3.05, 3.63) is 101 Å². The van der Waals surface area contributed by atoms with Crippen LogP contribution in [0, 0.1) is 0 Å². The van der Waals surface area contributed by atoms with Crippen molar-refractivity contribution in [1.82, 2.24) is 4.98 Å². The second-order valence-electron chi connectivity index (χ2n) is 6.81. The lowest BCUT2D eigenvalue weighted by molar-refractivity contribution is -0.110. The molecule has 0 radical (unpaired) electrons. The summed E-state index contributed by atoms with van der Waals surface area (Å²) < 4.78 is 0. The number of rotatable bonds is 5. The van der Waals surface area contributed by atoms with Crippen LogP contribution in [-0.4, -0.2) is 21.4 Å². The van der Waals surface area contributed by atoms with Gasteiger partial charge in [0.05, 0.1) is 4.91 Å². The van der Waals surface area contributed by atoms with Crippen LogP contribution in [0.1, 0.15) is 11.1 Å². The number of carbonyl (C=O) groups is 1. The van der Waals surface area contributed by atoms with Crippen molar-refractivity contribution < 1.29 is 4.79 Å². The Labute approximate surface area is 171 Å². The van der Waals surface area contributed by atoms with Crippen molar-refractivity contribution in [3.63, 3.8) is 0 Å². The summed E-state index contributed by atoms with van der Waals surface area (Å²) in [5.74, 6) is 0.0446. The van der Waals surface area contributed by atoms with E-state index in [0.717, 1.165) is 29.2 Å². The minimum Gasteiger partial charge on any atom is -0.381 e. The molecule has 0 saturated heterocycles. The van der Waals surface area contributed by atoms with E-state index in [0.29, 0.717) is 0 Å². The number of ketones is 1. The number of nitrogens with one attached hydrogen (secondary N) is 1. The molecular weight excluding hydrogens is 380 g/mol. The zero-order valence-corrected chi connectivity index (χ0v) is 16.3. The topological polar surface area (TPSA) is 66.7 Å². The van der Waals surface area contributed by atoms with Crippen molar-refractivity contribution in [2.45, 2.75) is 11.8 Å². The monoisotopic (exact) mass is 398 g/mol. The Balaban J connectivity index is 1.37. The number of aromatic nitrogens is 1. The van der Waals surface area contributed by atoms with Gasteiger partial charge in [0.25, 0.3) is 0 Å². The van der Waals surface area contributed by atoms with Crippen molar-refractivity contribution in [3.8, 4) is 0 Å². The Morgan fingerprint density at radius 2 is 1.72 bits per heavy atom. The molecule has 2 aliphatic heterocycles. The molecule has 1 aliphatic carbocycles. The summed E-state index contributed by atoms with van der Waals surface area (Å²) in [4.78, 5) is 16.7. The van der Waals surface area contributed by atoms with E-state index in [2.05, 4.69) is 50.2 Å². The molecule has 0 fully saturated rings. The summed E-state index contributed by atoms with van der Waals surface area (Å²) in [6.07, 6.45) is 12.9. The molecule has 6 heteroatoms. The van der Waals surface area contributed by atoms with E-state index in [-0.39, 0.29) is 21.5 Å². The number of azo groups is 1. The van der Waals surface area contributed by atoms with Crippen LogP contribution >= 0.6 is 10.5 Å². The molecule has 5 rings (SSSR count). The summed E-state index contributed by atoms with van der Waals surface area (Å²) in [6, 6.07) is 12.3. The number of allylic oxidation sites excluding steroid dienone is 3. The first-order valence-corrected chi connectivity index (χ1v) is 10.7. The lowest BCUT2D eigenvalue weighted by Crippen LogP contribution is -2.05. The molecule has 142 valence electrons. The molecule has 1 atom stereocenters. The van der Waals surface area contributed by atoms with Crippen molar-refractivity contribution >= 4 is 33.0 Å². The Bertz CT molecular complexity index is 1140.